The summed E-state index contributed by atoms with van der Waals surface area (Å²) in [5.74, 6) is 0.838. The van der Waals surface area contributed by atoms with E-state index in [-0.39, 0.29) is 18.2 Å². The van der Waals surface area contributed by atoms with E-state index in [1.165, 1.54) is 0 Å². The topological polar surface area (TPSA) is 64.6 Å². The highest BCUT2D eigenvalue weighted by Crippen LogP contribution is 2.38. The molecule has 1 unspecified atom stereocenters. The first-order chi connectivity index (χ1) is 9.09. The fraction of sp³-hybridized carbons (Fsp3) is 0.429. The van der Waals surface area contributed by atoms with Gasteiger partial charge in [-0.2, -0.15) is 0 Å². The minimum absolute atomic E-state index is 0.172. The smallest absolute Gasteiger partial charge is 0.237 e. The fourth-order valence-electron chi connectivity index (χ4n) is 2.45. The number of benzene rings is 1. The molecule has 2 aliphatic heterocycles. The van der Waals surface area contributed by atoms with Crippen LogP contribution in [0.4, 0.5) is 0 Å². The van der Waals surface area contributed by atoms with Crippen LogP contribution in [0.3, 0.4) is 0 Å². The highest BCUT2D eigenvalue weighted by molar-refractivity contribution is 6.08. The van der Waals surface area contributed by atoms with E-state index < -0.39 is 5.41 Å². The highest BCUT2D eigenvalue weighted by atomic mass is 16.5. The lowest BCUT2D eigenvalue weighted by Gasteiger charge is -2.21. The first kappa shape index (κ1) is 12.0. The van der Waals surface area contributed by atoms with Gasteiger partial charge < -0.3 is 9.47 Å². The summed E-state index contributed by atoms with van der Waals surface area (Å²) >= 11 is 0. The summed E-state index contributed by atoms with van der Waals surface area (Å²) in [6.07, 6.45) is 1.01. The summed E-state index contributed by atoms with van der Waals surface area (Å²) < 4.78 is 11.2. The second kappa shape index (κ2) is 4.26. The SMILES string of the molecule is CC1(c2ccc3c(c2)OCCCO3)CC(=O)NC1=O. The van der Waals surface area contributed by atoms with Crippen molar-refractivity contribution in [3.63, 3.8) is 0 Å². The third-order valence-electron chi connectivity index (χ3n) is 3.65. The van der Waals surface area contributed by atoms with Gasteiger partial charge in [0.25, 0.3) is 0 Å². The summed E-state index contributed by atoms with van der Waals surface area (Å²) in [5, 5.41) is 2.35. The van der Waals surface area contributed by atoms with Gasteiger partial charge in [0, 0.05) is 12.8 Å². The van der Waals surface area contributed by atoms with Crippen LogP contribution in [0.5, 0.6) is 11.5 Å². The molecule has 0 bridgehead atoms. The van der Waals surface area contributed by atoms with Crippen molar-refractivity contribution in [1.82, 2.24) is 5.32 Å². The Morgan fingerprint density at radius 3 is 2.58 bits per heavy atom. The van der Waals surface area contributed by atoms with Gasteiger partial charge in [-0.05, 0) is 24.6 Å². The van der Waals surface area contributed by atoms with Crippen molar-refractivity contribution < 1.29 is 19.1 Å². The summed E-state index contributed by atoms with van der Waals surface area (Å²) in [4.78, 5) is 23.3. The molecular weight excluding hydrogens is 246 g/mol. The zero-order valence-electron chi connectivity index (χ0n) is 10.7. The van der Waals surface area contributed by atoms with E-state index in [0.29, 0.717) is 24.7 Å². The zero-order chi connectivity index (χ0) is 13.5. The Hall–Kier alpha value is -2.04. The Bertz CT molecular complexity index is 554. The maximum Gasteiger partial charge on any atom is 0.237 e. The molecule has 0 radical (unpaired) electrons. The summed E-state index contributed by atoms with van der Waals surface area (Å²) in [6.45, 7) is 2.99. The van der Waals surface area contributed by atoms with Crippen LogP contribution in [0.25, 0.3) is 0 Å². The van der Waals surface area contributed by atoms with Crippen LogP contribution >= 0.6 is 0 Å². The first-order valence-corrected chi connectivity index (χ1v) is 6.34. The number of nitrogens with one attached hydrogen (secondary N) is 1. The number of carbonyl (C=O) groups is 2. The highest BCUT2D eigenvalue weighted by Gasteiger charge is 2.44. The molecule has 19 heavy (non-hydrogen) atoms. The minimum Gasteiger partial charge on any atom is -0.490 e. The van der Waals surface area contributed by atoms with Gasteiger partial charge in [-0.3, -0.25) is 14.9 Å². The van der Waals surface area contributed by atoms with Crippen molar-refractivity contribution in [2.75, 3.05) is 13.2 Å². The minimum atomic E-state index is -0.818. The van der Waals surface area contributed by atoms with Crippen LogP contribution in [-0.2, 0) is 15.0 Å². The molecule has 0 aliphatic carbocycles. The van der Waals surface area contributed by atoms with Crippen molar-refractivity contribution in [1.29, 1.82) is 0 Å². The molecule has 5 heteroatoms. The molecule has 1 N–H and O–H groups in total. The van der Waals surface area contributed by atoms with Crippen molar-refractivity contribution >= 4 is 11.8 Å². The fourth-order valence-corrected chi connectivity index (χ4v) is 2.45. The summed E-state index contributed by atoms with van der Waals surface area (Å²) in [6, 6.07) is 5.43. The molecule has 2 aliphatic rings. The van der Waals surface area contributed by atoms with E-state index in [1.54, 1.807) is 19.1 Å². The average molecular weight is 261 g/mol. The van der Waals surface area contributed by atoms with E-state index in [0.717, 1.165) is 12.0 Å². The van der Waals surface area contributed by atoms with Gasteiger partial charge in [0.2, 0.25) is 11.8 Å². The predicted octanol–water partition coefficient (Wildman–Crippen LogP) is 1.15. The number of carbonyl (C=O) groups excluding carboxylic acids is 2. The van der Waals surface area contributed by atoms with E-state index in [2.05, 4.69) is 5.32 Å². The monoisotopic (exact) mass is 261 g/mol. The van der Waals surface area contributed by atoms with Crippen LogP contribution in [0.15, 0.2) is 18.2 Å². The molecule has 1 fully saturated rings. The van der Waals surface area contributed by atoms with Crippen LogP contribution < -0.4 is 14.8 Å². The molecular formula is C14H15NO4. The third kappa shape index (κ3) is 1.95. The molecule has 0 spiro atoms. The number of rotatable bonds is 1. The molecule has 2 amide bonds. The van der Waals surface area contributed by atoms with Crippen molar-refractivity contribution in [3.05, 3.63) is 23.8 Å². The molecule has 0 saturated carbocycles. The van der Waals surface area contributed by atoms with Crippen LogP contribution in [0, 0.1) is 0 Å². The zero-order valence-corrected chi connectivity index (χ0v) is 10.7. The lowest BCUT2D eigenvalue weighted by molar-refractivity contribution is -0.126. The number of imide groups is 1. The molecule has 2 heterocycles. The Kier molecular flexibility index (Phi) is 2.69. The Balaban J connectivity index is 2.00. The second-order valence-corrected chi connectivity index (χ2v) is 5.10. The van der Waals surface area contributed by atoms with Gasteiger partial charge in [-0.15, -0.1) is 0 Å². The maximum atomic E-state index is 11.9. The molecule has 3 rings (SSSR count). The Labute approximate surface area is 110 Å². The van der Waals surface area contributed by atoms with E-state index >= 15 is 0 Å². The summed E-state index contributed by atoms with van der Waals surface area (Å²) in [7, 11) is 0. The second-order valence-electron chi connectivity index (χ2n) is 5.10. The Morgan fingerprint density at radius 2 is 1.89 bits per heavy atom. The number of fused-ring (bicyclic) bond motifs is 1. The van der Waals surface area contributed by atoms with E-state index in [4.69, 9.17) is 9.47 Å². The maximum absolute atomic E-state index is 11.9. The van der Waals surface area contributed by atoms with E-state index in [9.17, 15) is 9.59 Å². The molecule has 1 saturated heterocycles. The number of hydrogen-bond donors (Lipinski definition) is 1. The van der Waals surface area contributed by atoms with Crippen LogP contribution in [0.2, 0.25) is 0 Å². The first-order valence-electron chi connectivity index (χ1n) is 6.34. The van der Waals surface area contributed by atoms with Crippen LogP contribution in [0.1, 0.15) is 25.3 Å². The van der Waals surface area contributed by atoms with Crippen LogP contribution in [-0.4, -0.2) is 25.0 Å². The summed E-state index contributed by atoms with van der Waals surface area (Å²) in [5.41, 5.74) is -0.0398. The average Bonchev–Trinajstić information content (AvgIpc) is 2.57. The van der Waals surface area contributed by atoms with Gasteiger partial charge in [-0.25, -0.2) is 0 Å². The predicted molar refractivity (Wildman–Crippen MR) is 67.2 cm³/mol. The van der Waals surface area contributed by atoms with Gasteiger partial charge in [0.05, 0.1) is 18.6 Å². The molecule has 0 aromatic heterocycles. The molecule has 5 nitrogen and oxygen atoms in total. The largest absolute Gasteiger partial charge is 0.490 e. The van der Waals surface area contributed by atoms with Crippen molar-refractivity contribution in [2.24, 2.45) is 0 Å². The van der Waals surface area contributed by atoms with Gasteiger partial charge in [0.15, 0.2) is 11.5 Å². The van der Waals surface area contributed by atoms with E-state index in [1.807, 2.05) is 6.07 Å². The lowest BCUT2D eigenvalue weighted by atomic mass is 9.81. The number of hydrogen-bond acceptors (Lipinski definition) is 4. The molecule has 1 atom stereocenters. The number of amides is 2. The molecule has 1 aromatic carbocycles. The Morgan fingerprint density at radius 1 is 1.16 bits per heavy atom. The third-order valence-corrected chi connectivity index (χ3v) is 3.65. The van der Waals surface area contributed by atoms with Crippen molar-refractivity contribution in [3.8, 4) is 11.5 Å². The molecule has 1 aromatic rings. The normalized spacial score (nSPS) is 25.9. The molecule has 100 valence electrons. The quantitative estimate of drug-likeness (QED) is 0.770. The standard InChI is InChI=1S/C14H15NO4/c1-14(8-12(16)15-13(14)17)9-3-4-10-11(7-9)19-6-2-5-18-10/h3-4,7H,2,5-6,8H2,1H3,(H,15,16,17). The van der Waals surface area contributed by atoms with Gasteiger partial charge in [0.1, 0.15) is 0 Å². The van der Waals surface area contributed by atoms with Gasteiger partial charge >= 0.3 is 0 Å². The number of ether oxygens (including phenoxy) is 2. The van der Waals surface area contributed by atoms with Gasteiger partial charge in [-0.1, -0.05) is 6.07 Å². The lowest BCUT2D eigenvalue weighted by Crippen LogP contribution is -2.32. The van der Waals surface area contributed by atoms with Crippen molar-refractivity contribution in [2.45, 2.75) is 25.2 Å².